The van der Waals surface area contributed by atoms with Crippen LogP contribution in [0.5, 0.6) is 0 Å². The third kappa shape index (κ3) is 11.3. The van der Waals surface area contributed by atoms with E-state index in [0.717, 1.165) is 67.8 Å². The Morgan fingerprint density at radius 3 is 2.25 bits per heavy atom. The first-order valence-corrected chi connectivity index (χ1v) is 20.7. The second-order valence-electron chi connectivity index (χ2n) is 16.7. The number of carbonyl (C=O) groups excluding carboxylic acids is 1. The molecular formula is C42H50F7N11O. The Hall–Kier alpha value is -5.36. The smallest absolute Gasteiger partial charge is 0.342 e. The molecule has 1 aliphatic carbocycles. The molecule has 0 spiro atoms. The van der Waals surface area contributed by atoms with E-state index in [0.29, 0.717) is 43.3 Å². The zero-order valence-corrected chi connectivity index (χ0v) is 34.5. The fraction of sp³-hybridized carbons (Fsp3) is 0.548. The Balaban J connectivity index is 1.04. The number of aromatic nitrogens is 6. The van der Waals surface area contributed by atoms with Gasteiger partial charge < -0.3 is 25.3 Å². The molecule has 3 fully saturated rings. The monoisotopic (exact) mass is 857 g/mol. The standard InChI is InChI=1S/C42H50F7N11O/c1-5-6-25(2)31-20-35(56-38(52-31)58(4)23-40(3,43)44)55-34-19-30(26-7-8-26)28(22-51-34)17-37(61)59-14-10-27(11-15-59)32-21-36(54-33-18-29(9-13-50-33)42(47,48)49)57-39(53-32)60-16-12-41(45,46)24-60/h9,13,18-22,25-27H,5-8,10-12,14-17,23-24H2,1-4H3,(H,50,53,54,57)(H,51,52,55,56). The van der Waals surface area contributed by atoms with Gasteiger partial charge in [0.15, 0.2) is 0 Å². The Bertz CT molecular complexity index is 2190. The molecule has 2 aliphatic heterocycles. The molecule has 2 N–H and O–H groups in total. The number of hydrogen-bond donors (Lipinski definition) is 2. The molecule has 0 aromatic carbocycles. The van der Waals surface area contributed by atoms with Crippen LogP contribution in [0.1, 0.15) is 112 Å². The summed E-state index contributed by atoms with van der Waals surface area (Å²) in [6.45, 7) is 4.66. The molecule has 2 saturated heterocycles. The third-order valence-corrected chi connectivity index (χ3v) is 11.3. The zero-order chi connectivity index (χ0) is 43.7. The lowest BCUT2D eigenvalue weighted by molar-refractivity contribution is -0.137. The average molecular weight is 858 g/mol. The molecule has 0 radical (unpaired) electrons. The van der Waals surface area contributed by atoms with Crippen molar-refractivity contribution in [2.24, 2.45) is 0 Å². The fourth-order valence-corrected chi connectivity index (χ4v) is 7.91. The Morgan fingerprint density at radius 2 is 1.61 bits per heavy atom. The largest absolute Gasteiger partial charge is 0.416 e. The number of rotatable bonds is 15. The highest BCUT2D eigenvalue weighted by Crippen LogP contribution is 2.43. The van der Waals surface area contributed by atoms with Crippen molar-refractivity contribution in [3.05, 3.63) is 70.8 Å². The summed E-state index contributed by atoms with van der Waals surface area (Å²) in [5, 5.41) is 6.08. The Labute approximate surface area is 349 Å². The lowest BCUT2D eigenvalue weighted by Gasteiger charge is -2.32. The van der Waals surface area contributed by atoms with Gasteiger partial charge in [-0.15, -0.1) is 0 Å². The number of nitrogens with one attached hydrogen (secondary N) is 2. The molecule has 1 atom stereocenters. The van der Waals surface area contributed by atoms with Crippen LogP contribution in [0.3, 0.4) is 0 Å². The first-order valence-electron chi connectivity index (χ1n) is 20.7. The maximum Gasteiger partial charge on any atom is 0.416 e. The first-order chi connectivity index (χ1) is 28.8. The summed E-state index contributed by atoms with van der Waals surface area (Å²) in [6, 6.07) is 7.05. The summed E-state index contributed by atoms with van der Waals surface area (Å²) < 4.78 is 96.6. The number of carbonyl (C=O) groups is 1. The first kappa shape index (κ1) is 43.7. The summed E-state index contributed by atoms with van der Waals surface area (Å²) in [6.07, 6.45) is 2.65. The lowest BCUT2D eigenvalue weighted by atomic mass is 9.92. The number of pyridine rings is 2. The minimum Gasteiger partial charge on any atom is -0.342 e. The molecule has 0 bridgehead atoms. The van der Waals surface area contributed by atoms with Gasteiger partial charge in [0.05, 0.1) is 36.5 Å². The summed E-state index contributed by atoms with van der Waals surface area (Å²) >= 11 is 0. The van der Waals surface area contributed by atoms with Crippen molar-refractivity contribution in [3.8, 4) is 0 Å². The predicted octanol–water partition coefficient (Wildman–Crippen LogP) is 9.23. The number of hydrogen-bond acceptors (Lipinski definition) is 11. The number of piperidine rings is 1. The van der Waals surface area contributed by atoms with Crippen LogP contribution >= 0.6 is 0 Å². The molecular weight excluding hydrogens is 808 g/mol. The number of likely N-dealkylation sites (tertiary alicyclic amines) is 1. The molecule has 1 saturated carbocycles. The number of anilines is 6. The van der Waals surface area contributed by atoms with Crippen molar-refractivity contribution < 1.29 is 35.5 Å². The number of halogens is 7. The van der Waals surface area contributed by atoms with Crippen LogP contribution in [0.4, 0.5) is 65.9 Å². The Kier molecular flexibility index (Phi) is 12.6. The van der Waals surface area contributed by atoms with Crippen LogP contribution in [-0.2, 0) is 17.4 Å². The quantitative estimate of drug-likeness (QED) is 0.111. The van der Waals surface area contributed by atoms with Crippen LogP contribution < -0.4 is 20.4 Å². The summed E-state index contributed by atoms with van der Waals surface area (Å²) in [5.41, 5.74) is 2.18. The number of alkyl halides is 7. The third-order valence-electron chi connectivity index (χ3n) is 11.3. The second kappa shape index (κ2) is 17.6. The molecule has 1 unspecified atom stereocenters. The molecule has 328 valence electrons. The van der Waals surface area contributed by atoms with E-state index in [1.54, 1.807) is 17.2 Å². The summed E-state index contributed by atoms with van der Waals surface area (Å²) in [4.78, 5) is 45.1. The van der Waals surface area contributed by atoms with E-state index in [1.165, 1.54) is 16.8 Å². The van der Waals surface area contributed by atoms with Crippen molar-refractivity contribution in [2.75, 3.05) is 60.2 Å². The van der Waals surface area contributed by atoms with E-state index in [-0.39, 0.29) is 66.6 Å². The molecule has 4 aromatic rings. The highest BCUT2D eigenvalue weighted by molar-refractivity contribution is 5.79. The highest BCUT2D eigenvalue weighted by Gasteiger charge is 2.40. The predicted molar refractivity (Wildman–Crippen MR) is 217 cm³/mol. The van der Waals surface area contributed by atoms with Gasteiger partial charge in [0.2, 0.25) is 17.8 Å². The van der Waals surface area contributed by atoms with Crippen molar-refractivity contribution in [1.29, 1.82) is 0 Å². The SMILES string of the molecule is CCCC(C)c1cc(Nc2cc(C3CC3)c(CC(=O)N3CCC(c4cc(Nc5cc(C(F)(F)F)ccn5)nc(N5CCC(F)(F)C5)n4)CC3)cn2)nc(N(C)CC(C)(F)F)n1. The Morgan fingerprint density at radius 1 is 0.902 bits per heavy atom. The van der Waals surface area contributed by atoms with Gasteiger partial charge >= 0.3 is 6.18 Å². The van der Waals surface area contributed by atoms with Crippen molar-refractivity contribution in [3.63, 3.8) is 0 Å². The van der Waals surface area contributed by atoms with Crippen LogP contribution in [0.2, 0.25) is 0 Å². The minimum atomic E-state index is -4.59. The van der Waals surface area contributed by atoms with Crippen molar-refractivity contribution >= 4 is 41.1 Å². The molecule has 1 amide bonds. The summed E-state index contributed by atoms with van der Waals surface area (Å²) in [7, 11) is 1.54. The van der Waals surface area contributed by atoms with Gasteiger partial charge in [-0.2, -0.15) is 23.1 Å². The van der Waals surface area contributed by atoms with Gasteiger partial charge in [0.25, 0.3) is 11.8 Å². The second-order valence-corrected chi connectivity index (χ2v) is 16.7. The van der Waals surface area contributed by atoms with Gasteiger partial charge in [-0.25, -0.2) is 37.5 Å². The van der Waals surface area contributed by atoms with Gasteiger partial charge in [-0.05, 0) is 73.3 Å². The molecule has 4 aromatic heterocycles. The van der Waals surface area contributed by atoms with Crippen LogP contribution in [-0.4, -0.2) is 92.3 Å². The fourth-order valence-electron chi connectivity index (χ4n) is 7.91. The molecule has 3 aliphatic rings. The molecule has 6 heterocycles. The van der Waals surface area contributed by atoms with Crippen LogP contribution in [0, 0.1) is 0 Å². The average Bonchev–Trinajstić information content (AvgIpc) is 3.98. The zero-order valence-electron chi connectivity index (χ0n) is 34.5. The van der Waals surface area contributed by atoms with E-state index in [1.807, 2.05) is 19.1 Å². The van der Waals surface area contributed by atoms with E-state index in [2.05, 4.69) is 47.5 Å². The van der Waals surface area contributed by atoms with E-state index in [4.69, 9.17) is 0 Å². The normalized spacial score (nSPS) is 17.7. The van der Waals surface area contributed by atoms with E-state index in [9.17, 15) is 35.5 Å². The minimum absolute atomic E-state index is 0.0145. The van der Waals surface area contributed by atoms with Crippen molar-refractivity contribution in [2.45, 2.75) is 108 Å². The van der Waals surface area contributed by atoms with E-state index < -0.39 is 36.7 Å². The molecule has 12 nitrogen and oxygen atoms in total. The molecule has 61 heavy (non-hydrogen) atoms. The number of nitrogens with zero attached hydrogens (tertiary/aromatic N) is 9. The van der Waals surface area contributed by atoms with Crippen molar-refractivity contribution in [1.82, 2.24) is 34.8 Å². The van der Waals surface area contributed by atoms with Crippen LogP contribution in [0.25, 0.3) is 0 Å². The maximum atomic E-state index is 14.2. The van der Waals surface area contributed by atoms with Gasteiger partial charge in [-0.1, -0.05) is 20.3 Å². The van der Waals surface area contributed by atoms with Crippen LogP contribution in [0.15, 0.2) is 42.7 Å². The van der Waals surface area contributed by atoms with Gasteiger partial charge in [-0.3, -0.25) is 4.79 Å². The van der Waals surface area contributed by atoms with Gasteiger partial charge in [0, 0.05) is 70.5 Å². The highest BCUT2D eigenvalue weighted by atomic mass is 19.4. The maximum absolute atomic E-state index is 14.2. The van der Waals surface area contributed by atoms with E-state index >= 15 is 0 Å². The number of amides is 1. The van der Waals surface area contributed by atoms with Gasteiger partial charge in [0.1, 0.15) is 23.3 Å². The summed E-state index contributed by atoms with van der Waals surface area (Å²) in [5.74, 6) is -4.60. The topological polar surface area (TPSA) is 128 Å². The lowest BCUT2D eigenvalue weighted by Crippen LogP contribution is -2.39. The molecule has 19 heteroatoms. The molecule has 7 rings (SSSR count).